The van der Waals surface area contributed by atoms with E-state index in [0.29, 0.717) is 34.2 Å². The van der Waals surface area contributed by atoms with Crippen LogP contribution in [0.25, 0.3) is 11.3 Å². The lowest BCUT2D eigenvalue weighted by molar-refractivity contribution is -0.0498. The standard InChI is InChI=1S/C22H23F2N3O4S/c1-5-25-22-27(18(13-32-22)14-6-8-15(9-7-14)31-21(23)24)26-12-17-19(29-3)10-16(28-2)11-20(17)30-4/h6-13,21H,5H2,1-4H3. The zero-order valence-corrected chi connectivity index (χ0v) is 18.9. The molecule has 1 heterocycles. The van der Waals surface area contributed by atoms with Gasteiger partial charge in [-0.15, -0.1) is 11.3 Å². The molecule has 0 aliphatic rings. The van der Waals surface area contributed by atoms with E-state index in [0.717, 1.165) is 11.3 Å². The van der Waals surface area contributed by atoms with Gasteiger partial charge in [-0.2, -0.15) is 13.9 Å². The van der Waals surface area contributed by atoms with Crippen molar-refractivity contribution < 1.29 is 27.7 Å². The molecule has 0 spiro atoms. The molecule has 170 valence electrons. The van der Waals surface area contributed by atoms with E-state index in [1.54, 1.807) is 56.5 Å². The lowest BCUT2D eigenvalue weighted by atomic mass is 10.1. The van der Waals surface area contributed by atoms with Crippen molar-refractivity contribution in [2.75, 3.05) is 27.9 Å². The molecule has 0 aliphatic carbocycles. The third-order valence-corrected chi connectivity index (χ3v) is 5.26. The Morgan fingerprint density at radius 1 is 1.00 bits per heavy atom. The van der Waals surface area contributed by atoms with Crippen LogP contribution in [0.1, 0.15) is 12.5 Å². The molecule has 3 aromatic rings. The van der Waals surface area contributed by atoms with E-state index in [9.17, 15) is 8.78 Å². The zero-order valence-electron chi connectivity index (χ0n) is 18.0. The second kappa shape index (κ2) is 10.8. The molecule has 0 bridgehead atoms. The Morgan fingerprint density at radius 2 is 1.66 bits per heavy atom. The number of alkyl halides is 2. The molecule has 0 aliphatic heterocycles. The SMILES string of the molecule is CCN=c1scc(-c2ccc(OC(F)F)cc2)n1N=Cc1c(OC)cc(OC)cc1OC. The molecule has 0 fully saturated rings. The summed E-state index contributed by atoms with van der Waals surface area (Å²) in [5, 5.41) is 6.53. The highest BCUT2D eigenvalue weighted by atomic mass is 32.1. The summed E-state index contributed by atoms with van der Waals surface area (Å²) in [5.41, 5.74) is 2.14. The van der Waals surface area contributed by atoms with Crippen molar-refractivity contribution in [2.45, 2.75) is 13.5 Å². The minimum absolute atomic E-state index is 0.0835. The first-order chi connectivity index (χ1) is 15.5. The maximum absolute atomic E-state index is 12.4. The van der Waals surface area contributed by atoms with Gasteiger partial charge in [0.05, 0.1) is 38.8 Å². The van der Waals surface area contributed by atoms with Gasteiger partial charge in [-0.1, -0.05) is 0 Å². The molecular weight excluding hydrogens is 440 g/mol. The maximum atomic E-state index is 12.4. The van der Waals surface area contributed by atoms with Crippen LogP contribution in [0.2, 0.25) is 0 Å². The summed E-state index contributed by atoms with van der Waals surface area (Å²) in [6.45, 7) is -0.369. The molecule has 7 nitrogen and oxygen atoms in total. The molecule has 0 unspecified atom stereocenters. The first-order valence-electron chi connectivity index (χ1n) is 9.61. The lowest BCUT2D eigenvalue weighted by Crippen LogP contribution is -2.12. The van der Waals surface area contributed by atoms with Crippen molar-refractivity contribution in [3.63, 3.8) is 0 Å². The van der Waals surface area contributed by atoms with Gasteiger partial charge in [-0.25, -0.2) is 4.68 Å². The minimum Gasteiger partial charge on any atom is -0.496 e. The molecule has 2 aromatic carbocycles. The van der Waals surface area contributed by atoms with Crippen LogP contribution in [0.3, 0.4) is 0 Å². The van der Waals surface area contributed by atoms with Gasteiger partial charge >= 0.3 is 6.61 Å². The van der Waals surface area contributed by atoms with E-state index in [-0.39, 0.29) is 5.75 Å². The van der Waals surface area contributed by atoms with Gasteiger partial charge in [0.25, 0.3) is 0 Å². The van der Waals surface area contributed by atoms with Crippen molar-refractivity contribution >= 4 is 17.6 Å². The molecule has 1 aromatic heterocycles. The summed E-state index contributed by atoms with van der Waals surface area (Å²) in [6, 6.07) is 9.83. The summed E-state index contributed by atoms with van der Waals surface area (Å²) in [7, 11) is 4.66. The van der Waals surface area contributed by atoms with E-state index in [2.05, 4.69) is 14.8 Å². The first kappa shape index (κ1) is 23.3. The number of hydrogen-bond donors (Lipinski definition) is 0. The number of thiazole rings is 1. The van der Waals surface area contributed by atoms with Crippen LogP contribution in [0.5, 0.6) is 23.0 Å². The number of halogens is 2. The van der Waals surface area contributed by atoms with Crippen LogP contribution < -0.4 is 23.7 Å². The number of ether oxygens (including phenoxy) is 4. The number of benzene rings is 2. The fourth-order valence-corrected chi connectivity index (χ4v) is 3.84. The third kappa shape index (κ3) is 5.25. The Bertz CT molecular complexity index is 1120. The number of methoxy groups -OCH3 is 3. The zero-order chi connectivity index (χ0) is 23.1. The summed E-state index contributed by atoms with van der Waals surface area (Å²) in [4.78, 5) is 5.17. The monoisotopic (exact) mass is 463 g/mol. The van der Waals surface area contributed by atoms with E-state index >= 15 is 0 Å². The molecule has 0 N–H and O–H groups in total. The fraction of sp³-hybridized carbons (Fsp3) is 0.273. The van der Waals surface area contributed by atoms with Gasteiger partial charge in [-0.3, -0.25) is 4.99 Å². The minimum atomic E-state index is -2.87. The first-order valence-corrected chi connectivity index (χ1v) is 10.5. The number of hydrogen-bond acceptors (Lipinski definition) is 7. The van der Waals surface area contributed by atoms with Gasteiger partial charge in [0.15, 0.2) is 0 Å². The second-order valence-corrected chi connectivity index (χ2v) is 7.12. The Labute approximate surface area is 188 Å². The largest absolute Gasteiger partial charge is 0.496 e. The quantitative estimate of drug-likeness (QED) is 0.434. The van der Waals surface area contributed by atoms with Crippen molar-refractivity contribution in [3.8, 4) is 34.3 Å². The van der Waals surface area contributed by atoms with Crippen molar-refractivity contribution in [1.82, 2.24) is 4.68 Å². The van der Waals surface area contributed by atoms with Crippen LogP contribution >= 0.6 is 11.3 Å². The van der Waals surface area contributed by atoms with Crippen molar-refractivity contribution in [3.05, 3.63) is 52.1 Å². The summed E-state index contributed by atoms with van der Waals surface area (Å²) in [5.74, 6) is 1.74. The molecule has 0 saturated heterocycles. The smallest absolute Gasteiger partial charge is 0.387 e. The number of aromatic nitrogens is 1. The van der Waals surface area contributed by atoms with Crippen molar-refractivity contribution in [2.24, 2.45) is 10.1 Å². The Kier molecular flexibility index (Phi) is 7.82. The molecule has 0 radical (unpaired) electrons. The van der Waals surface area contributed by atoms with E-state index in [1.165, 1.54) is 23.5 Å². The highest BCUT2D eigenvalue weighted by Crippen LogP contribution is 2.33. The fourth-order valence-electron chi connectivity index (χ4n) is 2.94. The predicted octanol–water partition coefficient (Wildman–Crippen LogP) is 4.65. The molecule has 0 amide bonds. The average molecular weight is 464 g/mol. The molecule has 0 atom stereocenters. The molecule has 10 heteroatoms. The van der Waals surface area contributed by atoms with E-state index in [4.69, 9.17) is 14.2 Å². The van der Waals surface area contributed by atoms with Gasteiger partial charge in [0.1, 0.15) is 23.0 Å². The lowest BCUT2D eigenvalue weighted by Gasteiger charge is -2.12. The Morgan fingerprint density at radius 3 is 2.19 bits per heavy atom. The van der Waals surface area contributed by atoms with Crippen LogP contribution in [-0.2, 0) is 0 Å². The van der Waals surface area contributed by atoms with Gasteiger partial charge in [0.2, 0.25) is 4.80 Å². The normalized spacial score (nSPS) is 11.9. The van der Waals surface area contributed by atoms with Crippen LogP contribution in [-0.4, -0.2) is 45.4 Å². The maximum Gasteiger partial charge on any atom is 0.387 e. The number of rotatable bonds is 9. The van der Waals surface area contributed by atoms with Gasteiger partial charge < -0.3 is 18.9 Å². The van der Waals surface area contributed by atoms with Crippen LogP contribution in [0.15, 0.2) is 51.9 Å². The third-order valence-electron chi connectivity index (χ3n) is 4.41. The Hall–Kier alpha value is -3.40. The topological polar surface area (TPSA) is 66.6 Å². The van der Waals surface area contributed by atoms with Gasteiger partial charge in [0, 0.05) is 29.6 Å². The van der Waals surface area contributed by atoms with Crippen LogP contribution in [0, 0.1) is 0 Å². The molecular formula is C22H23F2N3O4S. The Balaban J connectivity index is 2.06. The summed E-state index contributed by atoms with van der Waals surface area (Å²) >= 11 is 1.42. The van der Waals surface area contributed by atoms with Crippen molar-refractivity contribution in [1.29, 1.82) is 0 Å². The summed E-state index contributed by atoms with van der Waals surface area (Å²) in [6.07, 6.45) is 1.62. The highest BCUT2D eigenvalue weighted by Gasteiger charge is 2.13. The summed E-state index contributed by atoms with van der Waals surface area (Å²) < 4.78 is 47.2. The highest BCUT2D eigenvalue weighted by molar-refractivity contribution is 7.07. The van der Waals surface area contributed by atoms with E-state index < -0.39 is 6.61 Å². The predicted molar refractivity (Wildman–Crippen MR) is 120 cm³/mol. The van der Waals surface area contributed by atoms with Gasteiger partial charge in [-0.05, 0) is 31.2 Å². The second-order valence-electron chi connectivity index (χ2n) is 6.28. The number of nitrogens with zero attached hydrogens (tertiary/aromatic N) is 3. The average Bonchev–Trinajstić information content (AvgIpc) is 3.19. The molecule has 32 heavy (non-hydrogen) atoms. The van der Waals surface area contributed by atoms with Crippen LogP contribution in [0.4, 0.5) is 8.78 Å². The molecule has 3 rings (SSSR count). The van der Waals surface area contributed by atoms with E-state index in [1.807, 2.05) is 12.3 Å². The molecule has 0 saturated carbocycles.